The van der Waals surface area contributed by atoms with Crippen molar-refractivity contribution in [3.8, 4) is 11.3 Å². The number of hydrogen-bond acceptors (Lipinski definition) is 2. The zero-order chi connectivity index (χ0) is 11.0. The molecular weight excluding hydrogens is 198 g/mol. The predicted molar refractivity (Wildman–Crippen MR) is 65.5 cm³/mol. The summed E-state index contributed by atoms with van der Waals surface area (Å²) in [7, 11) is 0. The van der Waals surface area contributed by atoms with Gasteiger partial charge in [0.2, 0.25) is 0 Å². The van der Waals surface area contributed by atoms with Crippen molar-refractivity contribution in [3.05, 3.63) is 35.9 Å². The highest BCUT2D eigenvalue weighted by molar-refractivity contribution is 5.64. The Kier molecular flexibility index (Phi) is 2.17. The molecule has 0 bridgehead atoms. The van der Waals surface area contributed by atoms with E-state index in [9.17, 15) is 0 Å². The van der Waals surface area contributed by atoms with Crippen LogP contribution in [-0.2, 0) is 6.54 Å². The van der Waals surface area contributed by atoms with E-state index in [0.29, 0.717) is 0 Å². The molecule has 0 aliphatic carbocycles. The van der Waals surface area contributed by atoms with Crippen LogP contribution in [0.25, 0.3) is 11.3 Å². The second kappa shape index (κ2) is 3.67. The molecule has 3 heteroatoms. The molecule has 0 unspecified atom stereocenters. The van der Waals surface area contributed by atoms with Crippen molar-refractivity contribution >= 4 is 5.82 Å². The molecule has 82 valence electrons. The third-order valence-electron chi connectivity index (χ3n) is 2.95. The molecule has 1 aliphatic heterocycles. The van der Waals surface area contributed by atoms with Crippen LogP contribution in [0.5, 0.6) is 0 Å². The van der Waals surface area contributed by atoms with Gasteiger partial charge >= 0.3 is 0 Å². The van der Waals surface area contributed by atoms with Gasteiger partial charge in [-0.15, -0.1) is 0 Å². The summed E-state index contributed by atoms with van der Waals surface area (Å²) in [5.41, 5.74) is 3.54. The first kappa shape index (κ1) is 9.46. The number of aryl methyl sites for hydroxylation is 2. The number of hydrogen-bond donors (Lipinski definition) is 1. The number of aromatic nitrogens is 2. The molecule has 2 heterocycles. The number of benzene rings is 1. The Morgan fingerprint density at radius 3 is 3.06 bits per heavy atom. The maximum Gasteiger partial charge on any atom is 0.124 e. The lowest BCUT2D eigenvalue weighted by molar-refractivity contribution is 0.569. The van der Waals surface area contributed by atoms with Crippen LogP contribution in [0, 0.1) is 6.92 Å². The second-order valence-electron chi connectivity index (χ2n) is 4.29. The fourth-order valence-electron chi connectivity index (χ4n) is 2.12. The van der Waals surface area contributed by atoms with E-state index < -0.39 is 0 Å². The number of nitrogens with zero attached hydrogens (tertiary/aromatic N) is 2. The quantitative estimate of drug-likeness (QED) is 0.789. The van der Waals surface area contributed by atoms with Crippen LogP contribution in [-0.4, -0.2) is 16.3 Å². The van der Waals surface area contributed by atoms with Crippen LogP contribution >= 0.6 is 0 Å². The van der Waals surface area contributed by atoms with Crippen molar-refractivity contribution in [1.29, 1.82) is 0 Å². The van der Waals surface area contributed by atoms with E-state index in [4.69, 9.17) is 0 Å². The molecule has 1 aromatic heterocycles. The third kappa shape index (κ3) is 1.58. The molecule has 0 radical (unpaired) electrons. The maximum atomic E-state index is 4.62. The molecule has 0 saturated carbocycles. The summed E-state index contributed by atoms with van der Waals surface area (Å²) < 4.78 is 2.06. The highest BCUT2D eigenvalue weighted by Crippen LogP contribution is 2.24. The molecule has 3 rings (SSSR count). The fourth-order valence-corrected chi connectivity index (χ4v) is 2.12. The molecule has 0 atom stereocenters. The summed E-state index contributed by atoms with van der Waals surface area (Å²) in [5.74, 6) is 1.14. The predicted octanol–water partition coefficient (Wildman–Crippen LogP) is 2.67. The van der Waals surface area contributed by atoms with Crippen molar-refractivity contribution < 1.29 is 0 Å². The van der Waals surface area contributed by atoms with Crippen LogP contribution in [0.15, 0.2) is 30.3 Å². The average molecular weight is 213 g/mol. The third-order valence-corrected chi connectivity index (χ3v) is 2.95. The van der Waals surface area contributed by atoms with E-state index in [2.05, 4.69) is 52.4 Å². The lowest BCUT2D eigenvalue weighted by atomic mass is 10.1. The first-order valence-electron chi connectivity index (χ1n) is 5.72. The van der Waals surface area contributed by atoms with Crippen LogP contribution in [0.3, 0.4) is 0 Å². The topological polar surface area (TPSA) is 29.9 Å². The van der Waals surface area contributed by atoms with Gasteiger partial charge in [-0.05, 0) is 19.4 Å². The standard InChI is InChI=1S/C13H15N3/c1-10-4-2-5-11(8-10)12-9-13-14-6-3-7-16(13)15-12/h2,4-5,8-9,14H,3,6-7H2,1H3. The minimum Gasteiger partial charge on any atom is -0.370 e. The maximum absolute atomic E-state index is 4.62. The summed E-state index contributed by atoms with van der Waals surface area (Å²) in [4.78, 5) is 0. The van der Waals surface area contributed by atoms with Gasteiger partial charge in [-0.3, -0.25) is 0 Å². The molecule has 0 saturated heterocycles. The van der Waals surface area contributed by atoms with Crippen molar-refractivity contribution in [1.82, 2.24) is 9.78 Å². The zero-order valence-corrected chi connectivity index (χ0v) is 9.40. The van der Waals surface area contributed by atoms with E-state index in [1.54, 1.807) is 0 Å². The lowest BCUT2D eigenvalue weighted by Gasteiger charge is -2.14. The summed E-state index contributed by atoms with van der Waals surface area (Å²) >= 11 is 0. The SMILES string of the molecule is Cc1cccc(-c2cc3n(n2)CCCN3)c1. The molecular formula is C13H15N3. The largest absolute Gasteiger partial charge is 0.370 e. The highest BCUT2D eigenvalue weighted by Gasteiger charge is 2.12. The van der Waals surface area contributed by atoms with Crippen LogP contribution < -0.4 is 5.32 Å². The van der Waals surface area contributed by atoms with Gasteiger partial charge < -0.3 is 5.32 Å². The molecule has 16 heavy (non-hydrogen) atoms. The van der Waals surface area contributed by atoms with Gasteiger partial charge in [-0.25, -0.2) is 4.68 Å². The molecule has 0 amide bonds. The Labute approximate surface area is 95.1 Å². The Bertz CT molecular complexity index is 490. The molecule has 2 aromatic rings. The molecule has 0 spiro atoms. The van der Waals surface area contributed by atoms with Gasteiger partial charge in [-0.2, -0.15) is 5.10 Å². The molecule has 1 aromatic carbocycles. The Hall–Kier alpha value is -1.77. The van der Waals surface area contributed by atoms with Gasteiger partial charge in [0.1, 0.15) is 5.82 Å². The Morgan fingerprint density at radius 2 is 2.25 bits per heavy atom. The Balaban J connectivity index is 2.03. The zero-order valence-electron chi connectivity index (χ0n) is 9.40. The fraction of sp³-hybridized carbons (Fsp3) is 0.308. The van der Waals surface area contributed by atoms with E-state index >= 15 is 0 Å². The van der Waals surface area contributed by atoms with Gasteiger partial charge in [0.25, 0.3) is 0 Å². The van der Waals surface area contributed by atoms with Gasteiger partial charge in [0, 0.05) is 24.7 Å². The van der Waals surface area contributed by atoms with Crippen LogP contribution in [0.2, 0.25) is 0 Å². The van der Waals surface area contributed by atoms with E-state index in [-0.39, 0.29) is 0 Å². The van der Waals surface area contributed by atoms with Crippen molar-refractivity contribution in [2.24, 2.45) is 0 Å². The van der Waals surface area contributed by atoms with Crippen molar-refractivity contribution in [2.75, 3.05) is 11.9 Å². The minimum absolute atomic E-state index is 1.02. The number of rotatable bonds is 1. The summed E-state index contributed by atoms with van der Waals surface area (Å²) in [6.45, 7) is 4.19. The van der Waals surface area contributed by atoms with Crippen LogP contribution in [0.1, 0.15) is 12.0 Å². The number of anilines is 1. The minimum atomic E-state index is 1.02. The first-order valence-corrected chi connectivity index (χ1v) is 5.72. The monoisotopic (exact) mass is 213 g/mol. The van der Waals surface area contributed by atoms with Gasteiger partial charge in [0.15, 0.2) is 0 Å². The molecule has 1 N–H and O–H groups in total. The molecule has 1 aliphatic rings. The van der Waals surface area contributed by atoms with E-state index in [0.717, 1.165) is 31.0 Å². The van der Waals surface area contributed by atoms with Crippen molar-refractivity contribution in [2.45, 2.75) is 19.9 Å². The summed E-state index contributed by atoms with van der Waals surface area (Å²) in [6.07, 6.45) is 1.15. The van der Waals surface area contributed by atoms with E-state index in [1.807, 2.05) is 0 Å². The second-order valence-corrected chi connectivity index (χ2v) is 4.29. The molecule has 0 fully saturated rings. The number of fused-ring (bicyclic) bond motifs is 1. The van der Waals surface area contributed by atoms with Crippen LogP contribution in [0.4, 0.5) is 5.82 Å². The van der Waals surface area contributed by atoms with E-state index in [1.165, 1.54) is 11.1 Å². The summed E-state index contributed by atoms with van der Waals surface area (Å²) in [5, 5.41) is 7.98. The smallest absolute Gasteiger partial charge is 0.124 e. The average Bonchev–Trinajstić information content (AvgIpc) is 2.72. The highest BCUT2D eigenvalue weighted by atomic mass is 15.3. The van der Waals surface area contributed by atoms with Crippen molar-refractivity contribution in [3.63, 3.8) is 0 Å². The lowest BCUT2D eigenvalue weighted by Crippen LogP contribution is -2.17. The Morgan fingerprint density at radius 1 is 1.31 bits per heavy atom. The number of nitrogens with one attached hydrogen (secondary N) is 1. The summed E-state index contributed by atoms with van der Waals surface area (Å²) in [6, 6.07) is 10.6. The van der Waals surface area contributed by atoms with Gasteiger partial charge in [-0.1, -0.05) is 23.8 Å². The van der Waals surface area contributed by atoms with Gasteiger partial charge in [0.05, 0.1) is 5.69 Å². The normalized spacial score (nSPS) is 14.3. The first-order chi connectivity index (χ1) is 7.83. The molecule has 3 nitrogen and oxygen atoms in total.